The molecule has 0 saturated heterocycles. The Morgan fingerprint density at radius 2 is 1.92 bits per heavy atom. The minimum absolute atomic E-state index is 0.00985. The number of ether oxygens (including phenoxy) is 3. The molecule has 9 heteroatoms. The number of nitrogens with zero attached hydrogens (tertiary/aromatic N) is 1. The molecule has 0 spiro atoms. The molecular formula is C15H18N2O7. The Morgan fingerprint density at radius 1 is 1.29 bits per heavy atom. The zero-order chi connectivity index (χ0) is 17.9. The van der Waals surface area contributed by atoms with Crippen LogP contribution in [0.3, 0.4) is 0 Å². The van der Waals surface area contributed by atoms with Crippen molar-refractivity contribution in [1.82, 2.24) is 10.2 Å². The van der Waals surface area contributed by atoms with Gasteiger partial charge in [0, 0.05) is 6.20 Å². The molecule has 0 aromatic rings. The highest BCUT2D eigenvalue weighted by Gasteiger charge is 2.34. The molecule has 0 fully saturated rings. The fourth-order valence-corrected chi connectivity index (χ4v) is 2.29. The number of aliphatic hydroxyl groups excluding tert-OH is 1. The molecule has 0 saturated carbocycles. The largest absolute Gasteiger partial charge is 0.465 e. The average molecular weight is 338 g/mol. The van der Waals surface area contributed by atoms with Crippen LogP contribution in [0.15, 0.2) is 35.2 Å². The zero-order valence-electron chi connectivity index (χ0n) is 13.4. The smallest absolute Gasteiger partial charge is 0.347 e. The maximum Gasteiger partial charge on any atom is 0.347 e. The zero-order valence-corrected chi connectivity index (χ0v) is 13.4. The van der Waals surface area contributed by atoms with E-state index in [1.807, 2.05) is 0 Å². The summed E-state index contributed by atoms with van der Waals surface area (Å²) in [6, 6.07) is -0.603. The second-order valence-corrected chi connectivity index (χ2v) is 5.02. The van der Waals surface area contributed by atoms with Crippen LogP contribution in [0.1, 0.15) is 6.92 Å². The number of hydrogen-bond acceptors (Lipinski definition) is 7. The number of aliphatic hydroxyl groups is 1. The number of hydrogen-bond donors (Lipinski definition) is 2. The van der Waals surface area contributed by atoms with Gasteiger partial charge in [0.2, 0.25) is 0 Å². The first-order valence-electron chi connectivity index (χ1n) is 7.06. The minimum Gasteiger partial charge on any atom is -0.465 e. The van der Waals surface area contributed by atoms with Gasteiger partial charge in [-0.05, 0) is 18.6 Å². The molecule has 2 aliphatic heterocycles. The van der Waals surface area contributed by atoms with E-state index in [1.54, 1.807) is 19.1 Å². The third kappa shape index (κ3) is 3.31. The van der Waals surface area contributed by atoms with Gasteiger partial charge in [-0.1, -0.05) is 6.08 Å². The van der Waals surface area contributed by atoms with Crippen LogP contribution in [-0.2, 0) is 23.8 Å². The summed E-state index contributed by atoms with van der Waals surface area (Å²) >= 11 is 0. The highest BCUT2D eigenvalue weighted by molar-refractivity contribution is 6.15. The SMILES string of the molecule is COC(=O)C(C(=O)OC)=C1NC(=O)N(C2C=CC(CO)O2)C=C1C. The Labute approximate surface area is 138 Å². The molecule has 24 heavy (non-hydrogen) atoms. The van der Waals surface area contributed by atoms with Crippen LogP contribution in [0.4, 0.5) is 4.79 Å². The standard InChI is InChI=1S/C15H18N2O7/c1-8-6-17(10-5-4-9(7-18)24-10)15(21)16-12(8)11(13(19)22-2)14(20)23-3/h4-6,9-10,18H,7H2,1-3H3,(H,16,21). The number of carbonyl (C=O) groups excluding carboxylic acids is 3. The van der Waals surface area contributed by atoms with Gasteiger partial charge in [-0.15, -0.1) is 0 Å². The van der Waals surface area contributed by atoms with Crippen molar-refractivity contribution in [2.75, 3.05) is 20.8 Å². The highest BCUT2D eigenvalue weighted by atomic mass is 16.5. The molecule has 0 aromatic heterocycles. The van der Waals surface area contributed by atoms with E-state index < -0.39 is 35.9 Å². The van der Waals surface area contributed by atoms with E-state index in [1.165, 1.54) is 11.1 Å². The van der Waals surface area contributed by atoms with Crippen LogP contribution in [0.25, 0.3) is 0 Å². The number of amides is 2. The molecule has 2 aliphatic rings. The topological polar surface area (TPSA) is 114 Å². The number of urea groups is 1. The van der Waals surface area contributed by atoms with Crippen molar-refractivity contribution >= 4 is 18.0 Å². The van der Waals surface area contributed by atoms with E-state index in [2.05, 4.69) is 14.8 Å². The molecule has 2 atom stereocenters. The van der Waals surface area contributed by atoms with Crippen molar-refractivity contribution in [2.24, 2.45) is 0 Å². The Morgan fingerprint density at radius 3 is 2.42 bits per heavy atom. The van der Waals surface area contributed by atoms with Crippen molar-refractivity contribution in [3.63, 3.8) is 0 Å². The lowest BCUT2D eigenvalue weighted by atomic mass is 10.1. The normalized spacial score (nSPS) is 22.8. The second kappa shape index (κ2) is 7.28. The first-order chi connectivity index (χ1) is 11.4. The summed E-state index contributed by atoms with van der Waals surface area (Å²) in [5.74, 6) is -1.84. The van der Waals surface area contributed by atoms with Gasteiger partial charge in [0.1, 0.15) is 6.10 Å². The van der Waals surface area contributed by atoms with Crippen molar-refractivity contribution in [1.29, 1.82) is 0 Å². The lowest BCUT2D eigenvalue weighted by Gasteiger charge is -2.31. The molecule has 2 amide bonds. The maximum absolute atomic E-state index is 12.3. The second-order valence-electron chi connectivity index (χ2n) is 5.02. The lowest BCUT2D eigenvalue weighted by molar-refractivity contribution is -0.144. The maximum atomic E-state index is 12.3. The summed E-state index contributed by atoms with van der Waals surface area (Å²) in [6.45, 7) is 1.40. The third-order valence-corrected chi connectivity index (χ3v) is 3.48. The summed E-state index contributed by atoms with van der Waals surface area (Å²) in [5, 5.41) is 11.5. The molecule has 0 aromatic carbocycles. The first-order valence-corrected chi connectivity index (χ1v) is 7.06. The number of nitrogens with one attached hydrogen (secondary N) is 1. The van der Waals surface area contributed by atoms with Gasteiger partial charge >= 0.3 is 18.0 Å². The van der Waals surface area contributed by atoms with Crippen LogP contribution >= 0.6 is 0 Å². The van der Waals surface area contributed by atoms with Crippen LogP contribution < -0.4 is 5.32 Å². The molecule has 9 nitrogen and oxygen atoms in total. The van der Waals surface area contributed by atoms with E-state index in [-0.39, 0.29) is 12.3 Å². The Balaban J connectivity index is 2.36. The quantitative estimate of drug-likeness (QED) is 0.240. The van der Waals surface area contributed by atoms with E-state index in [0.29, 0.717) is 5.57 Å². The summed E-state index contributed by atoms with van der Waals surface area (Å²) in [4.78, 5) is 37.3. The first kappa shape index (κ1) is 17.7. The molecule has 130 valence electrons. The molecule has 0 bridgehead atoms. The van der Waals surface area contributed by atoms with Crippen LogP contribution in [0.2, 0.25) is 0 Å². The highest BCUT2D eigenvalue weighted by Crippen LogP contribution is 2.24. The van der Waals surface area contributed by atoms with Gasteiger partial charge in [0.15, 0.2) is 11.8 Å². The monoisotopic (exact) mass is 338 g/mol. The van der Waals surface area contributed by atoms with E-state index >= 15 is 0 Å². The van der Waals surface area contributed by atoms with Crippen LogP contribution in [0, 0.1) is 0 Å². The summed E-state index contributed by atoms with van der Waals surface area (Å²) in [5.41, 5.74) is 0.0401. The van der Waals surface area contributed by atoms with E-state index in [9.17, 15) is 14.4 Å². The average Bonchev–Trinajstić information content (AvgIpc) is 3.06. The minimum atomic E-state index is -0.921. The van der Waals surface area contributed by atoms with Gasteiger partial charge in [-0.2, -0.15) is 0 Å². The molecule has 2 N–H and O–H groups in total. The van der Waals surface area contributed by atoms with Crippen molar-refractivity contribution in [2.45, 2.75) is 19.3 Å². The number of esters is 2. The fourth-order valence-electron chi connectivity index (χ4n) is 2.29. The molecule has 2 heterocycles. The van der Waals surface area contributed by atoms with Gasteiger partial charge < -0.3 is 24.6 Å². The van der Waals surface area contributed by atoms with Gasteiger partial charge in [0.25, 0.3) is 0 Å². The van der Waals surface area contributed by atoms with E-state index in [4.69, 9.17) is 9.84 Å². The van der Waals surface area contributed by atoms with Gasteiger partial charge in [-0.3, -0.25) is 4.90 Å². The number of allylic oxidation sites excluding steroid dienone is 1. The van der Waals surface area contributed by atoms with Crippen molar-refractivity contribution < 1.29 is 33.7 Å². The lowest BCUT2D eigenvalue weighted by Crippen LogP contribution is -2.47. The number of methoxy groups -OCH3 is 2. The molecule has 2 unspecified atom stereocenters. The Kier molecular flexibility index (Phi) is 5.37. The van der Waals surface area contributed by atoms with Gasteiger partial charge in [-0.25, -0.2) is 14.4 Å². The molecule has 2 rings (SSSR count). The van der Waals surface area contributed by atoms with Gasteiger partial charge in [0.05, 0.1) is 26.5 Å². The summed E-state index contributed by atoms with van der Waals surface area (Å²) < 4.78 is 14.6. The molecule has 0 aliphatic carbocycles. The predicted octanol–water partition coefficient (Wildman–Crippen LogP) is -0.211. The molecular weight excluding hydrogens is 320 g/mol. The Bertz CT molecular complexity index is 632. The molecule has 0 radical (unpaired) electrons. The predicted molar refractivity (Wildman–Crippen MR) is 80.1 cm³/mol. The van der Waals surface area contributed by atoms with Crippen molar-refractivity contribution in [3.8, 4) is 0 Å². The van der Waals surface area contributed by atoms with Crippen molar-refractivity contribution in [3.05, 3.63) is 35.2 Å². The number of rotatable bonds is 4. The van der Waals surface area contributed by atoms with Crippen LogP contribution in [-0.4, -0.2) is 61.1 Å². The summed E-state index contributed by atoms with van der Waals surface area (Å²) in [6.07, 6.45) is 3.52. The summed E-state index contributed by atoms with van der Waals surface area (Å²) in [7, 11) is 2.24. The van der Waals surface area contributed by atoms with E-state index in [0.717, 1.165) is 14.2 Å². The Hall–Kier alpha value is -2.65. The fraction of sp³-hybridized carbons (Fsp3) is 0.400. The van der Waals surface area contributed by atoms with Crippen LogP contribution in [0.5, 0.6) is 0 Å². The number of carbonyl (C=O) groups is 3. The third-order valence-electron chi connectivity index (χ3n) is 3.48.